The zero-order valence-corrected chi connectivity index (χ0v) is 20.2. The van der Waals surface area contributed by atoms with Gasteiger partial charge in [0.15, 0.2) is 0 Å². The normalized spacial score (nSPS) is 10.6. The van der Waals surface area contributed by atoms with Crippen LogP contribution in [0.15, 0.2) is 81.9 Å². The number of anilines is 1. The van der Waals surface area contributed by atoms with Gasteiger partial charge in [-0.3, -0.25) is 4.79 Å². The Kier molecular flexibility index (Phi) is 9.53. The molecule has 33 heavy (non-hydrogen) atoms. The first-order valence-corrected chi connectivity index (χ1v) is 11.5. The third-order valence-corrected chi connectivity index (χ3v) is 5.51. The van der Waals surface area contributed by atoms with Gasteiger partial charge in [0, 0.05) is 37.0 Å². The molecule has 0 fully saturated rings. The maximum atomic E-state index is 13.3. The highest BCUT2D eigenvalue weighted by Gasteiger charge is 2.22. The molecule has 3 amide bonds. The lowest BCUT2D eigenvalue weighted by molar-refractivity contribution is -0.133. The molecule has 0 aliphatic carbocycles. The van der Waals surface area contributed by atoms with E-state index in [1.165, 1.54) is 4.90 Å². The van der Waals surface area contributed by atoms with Gasteiger partial charge in [-0.1, -0.05) is 46.3 Å². The third-order valence-electron chi connectivity index (χ3n) is 4.98. The van der Waals surface area contributed by atoms with Crippen LogP contribution in [0.1, 0.15) is 17.7 Å². The Morgan fingerprint density at radius 1 is 0.970 bits per heavy atom. The van der Waals surface area contributed by atoms with Crippen molar-refractivity contribution < 1.29 is 18.7 Å². The number of methoxy groups -OCH3 is 1. The van der Waals surface area contributed by atoms with Crippen molar-refractivity contribution in [1.29, 1.82) is 0 Å². The van der Waals surface area contributed by atoms with E-state index in [2.05, 4.69) is 21.2 Å². The molecule has 0 saturated carbocycles. The molecule has 3 aromatic rings. The Morgan fingerprint density at radius 3 is 2.39 bits per heavy atom. The van der Waals surface area contributed by atoms with Crippen LogP contribution in [-0.2, 0) is 22.6 Å². The number of nitrogens with one attached hydrogen (secondary N) is 1. The number of halogens is 1. The predicted molar refractivity (Wildman–Crippen MR) is 131 cm³/mol. The Hall–Kier alpha value is -3.10. The molecule has 1 N–H and O–H groups in total. The van der Waals surface area contributed by atoms with Crippen molar-refractivity contribution in [2.24, 2.45) is 0 Å². The van der Waals surface area contributed by atoms with Crippen LogP contribution in [0.4, 0.5) is 10.5 Å². The van der Waals surface area contributed by atoms with E-state index in [0.717, 1.165) is 10.0 Å². The first-order chi connectivity index (χ1) is 16.0. The number of hydrogen-bond acceptors (Lipinski definition) is 4. The van der Waals surface area contributed by atoms with Crippen LogP contribution in [0.5, 0.6) is 0 Å². The zero-order valence-electron chi connectivity index (χ0n) is 18.6. The number of furan rings is 1. The summed E-state index contributed by atoms with van der Waals surface area (Å²) < 4.78 is 11.5. The fourth-order valence-electron chi connectivity index (χ4n) is 3.28. The average molecular weight is 514 g/mol. The Balaban J connectivity index is 1.72. The smallest absolute Gasteiger partial charge is 0.322 e. The number of hydrogen-bond donors (Lipinski definition) is 1. The van der Waals surface area contributed by atoms with Crippen LogP contribution in [0, 0.1) is 0 Å². The van der Waals surface area contributed by atoms with Gasteiger partial charge in [0.1, 0.15) is 12.3 Å². The molecule has 0 radical (unpaired) electrons. The second kappa shape index (κ2) is 12.8. The molecule has 3 rings (SSSR count). The second-order valence-corrected chi connectivity index (χ2v) is 8.44. The number of benzene rings is 2. The first kappa shape index (κ1) is 24.5. The SMILES string of the molecule is COCCCN(CC(=O)N(Cc1ccccc1)Cc1ccco1)C(=O)Nc1ccc(Br)cc1. The van der Waals surface area contributed by atoms with Crippen LogP contribution in [0.2, 0.25) is 0 Å². The number of rotatable bonds is 11. The minimum Gasteiger partial charge on any atom is -0.467 e. The monoisotopic (exact) mass is 513 g/mol. The number of amides is 3. The Labute approximate surface area is 202 Å². The third kappa shape index (κ3) is 8.07. The summed E-state index contributed by atoms with van der Waals surface area (Å²) in [4.78, 5) is 29.6. The van der Waals surface area contributed by atoms with E-state index < -0.39 is 0 Å². The number of carbonyl (C=O) groups excluding carboxylic acids is 2. The van der Waals surface area contributed by atoms with Crippen molar-refractivity contribution in [2.75, 3.05) is 32.1 Å². The van der Waals surface area contributed by atoms with Gasteiger partial charge in [0.2, 0.25) is 5.91 Å². The van der Waals surface area contributed by atoms with Crippen molar-refractivity contribution >= 4 is 33.6 Å². The van der Waals surface area contributed by atoms with Crippen LogP contribution in [0.25, 0.3) is 0 Å². The van der Waals surface area contributed by atoms with Crippen LogP contribution < -0.4 is 5.32 Å². The fraction of sp³-hybridized carbons (Fsp3) is 0.280. The standard InChI is InChI=1S/C25H28BrN3O4/c1-32-15-6-14-28(25(31)27-22-12-10-21(26)11-13-22)19-24(30)29(18-23-9-5-16-33-23)17-20-7-3-2-4-8-20/h2-5,7-13,16H,6,14-15,17-19H2,1H3,(H,27,31). The van der Waals surface area contributed by atoms with Gasteiger partial charge in [-0.2, -0.15) is 0 Å². The Bertz CT molecular complexity index is 994. The minimum atomic E-state index is -0.334. The van der Waals surface area contributed by atoms with Crippen molar-refractivity contribution in [3.63, 3.8) is 0 Å². The average Bonchev–Trinajstić information content (AvgIpc) is 3.33. The van der Waals surface area contributed by atoms with E-state index >= 15 is 0 Å². The molecule has 0 unspecified atom stereocenters. The number of ether oxygens (including phenoxy) is 1. The molecule has 0 aliphatic rings. The van der Waals surface area contributed by atoms with E-state index in [4.69, 9.17) is 9.15 Å². The molecule has 7 nitrogen and oxygen atoms in total. The van der Waals surface area contributed by atoms with Crippen molar-refractivity contribution in [3.05, 3.63) is 88.8 Å². The molecule has 174 valence electrons. The maximum Gasteiger partial charge on any atom is 0.322 e. The summed E-state index contributed by atoms with van der Waals surface area (Å²) in [5, 5.41) is 2.87. The van der Waals surface area contributed by atoms with Crippen LogP contribution >= 0.6 is 15.9 Å². The molecule has 1 aromatic heterocycles. The predicted octanol–water partition coefficient (Wildman–Crippen LogP) is 5.14. The molecule has 0 saturated heterocycles. The summed E-state index contributed by atoms with van der Waals surface area (Å²) in [6.45, 7) is 1.57. The largest absolute Gasteiger partial charge is 0.467 e. The lowest BCUT2D eigenvalue weighted by atomic mass is 10.2. The zero-order chi connectivity index (χ0) is 23.5. The highest BCUT2D eigenvalue weighted by Crippen LogP contribution is 2.16. The summed E-state index contributed by atoms with van der Waals surface area (Å²) in [6.07, 6.45) is 2.21. The quantitative estimate of drug-likeness (QED) is 0.360. The van der Waals surface area contributed by atoms with E-state index in [0.29, 0.717) is 44.1 Å². The van der Waals surface area contributed by atoms with Gasteiger partial charge >= 0.3 is 6.03 Å². The maximum absolute atomic E-state index is 13.3. The molecule has 8 heteroatoms. The highest BCUT2D eigenvalue weighted by molar-refractivity contribution is 9.10. The highest BCUT2D eigenvalue weighted by atomic mass is 79.9. The van der Waals surface area contributed by atoms with Crippen LogP contribution in [0.3, 0.4) is 0 Å². The lowest BCUT2D eigenvalue weighted by Gasteiger charge is -2.27. The number of carbonyl (C=O) groups is 2. The molecular formula is C25H28BrN3O4. The lowest BCUT2D eigenvalue weighted by Crippen LogP contribution is -2.44. The first-order valence-electron chi connectivity index (χ1n) is 10.7. The minimum absolute atomic E-state index is 0.0559. The van der Waals surface area contributed by atoms with Gasteiger partial charge in [0.25, 0.3) is 0 Å². The van der Waals surface area contributed by atoms with E-state index in [1.807, 2.05) is 48.5 Å². The fourth-order valence-corrected chi connectivity index (χ4v) is 3.54. The van der Waals surface area contributed by atoms with Gasteiger partial charge < -0.3 is 24.3 Å². The summed E-state index contributed by atoms with van der Waals surface area (Å²) in [7, 11) is 1.61. The van der Waals surface area contributed by atoms with Gasteiger partial charge in [-0.15, -0.1) is 0 Å². The molecule has 1 heterocycles. The molecule has 0 bridgehead atoms. The molecule has 2 aromatic carbocycles. The molecule has 0 aliphatic heterocycles. The van der Waals surface area contributed by atoms with E-state index in [9.17, 15) is 9.59 Å². The van der Waals surface area contributed by atoms with Crippen molar-refractivity contribution in [2.45, 2.75) is 19.5 Å². The summed E-state index contributed by atoms with van der Waals surface area (Å²) >= 11 is 3.39. The van der Waals surface area contributed by atoms with Gasteiger partial charge in [0.05, 0.1) is 12.8 Å². The Morgan fingerprint density at radius 2 is 1.73 bits per heavy atom. The van der Waals surface area contributed by atoms with Crippen molar-refractivity contribution in [3.8, 4) is 0 Å². The summed E-state index contributed by atoms with van der Waals surface area (Å²) in [5.74, 6) is 0.517. The summed E-state index contributed by atoms with van der Waals surface area (Å²) in [6, 6.07) is 20.4. The van der Waals surface area contributed by atoms with Gasteiger partial charge in [-0.05, 0) is 48.4 Å². The topological polar surface area (TPSA) is 75.0 Å². The van der Waals surface area contributed by atoms with Crippen molar-refractivity contribution in [1.82, 2.24) is 9.80 Å². The van der Waals surface area contributed by atoms with Crippen LogP contribution in [-0.4, -0.2) is 48.5 Å². The van der Waals surface area contributed by atoms with Gasteiger partial charge in [-0.25, -0.2) is 4.79 Å². The summed E-state index contributed by atoms with van der Waals surface area (Å²) in [5.41, 5.74) is 1.66. The number of urea groups is 1. The number of nitrogens with zero attached hydrogens (tertiary/aromatic N) is 2. The second-order valence-electron chi connectivity index (χ2n) is 7.52. The molecule has 0 spiro atoms. The van der Waals surface area contributed by atoms with E-state index in [-0.39, 0.29) is 18.5 Å². The van der Waals surface area contributed by atoms with E-state index in [1.54, 1.807) is 36.5 Å². The molecular weight excluding hydrogens is 486 g/mol. The molecule has 0 atom stereocenters.